The minimum Gasteiger partial charge on any atom is -0.493 e. The van der Waals surface area contributed by atoms with Crippen molar-refractivity contribution in [1.29, 1.82) is 0 Å². The smallest absolute Gasteiger partial charge is 0.407 e. The fourth-order valence-corrected chi connectivity index (χ4v) is 5.15. The van der Waals surface area contributed by atoms with Gasteiger partial charge >= 0.3 is 6.09 Å². The molecule has 0 radical (unpaired) electrons. The highest BCUT2D eigenvalue weighted by molar-refractivity contribution is 5.67. The SMILES string of the molecule is CCCCNC(=O)O[C@H]1CC[C@@]23CCN(C)Cc4ccc(OC)c(c42)O[C@H]3C1. The normalized spacial score (nSPS) is 28.5. The summed E-state index contributed by atoms with van der Waals surface area (Å²) in [6.45, 7) is 4.75. The molecule has 0 aromatic heterocycles. The molecular weight excluding hydrogens is 356 g/mol. The first-order valence-electron chi connectivity index (χ1n) is 10.6. The maximum Gasteiger partial charge on any atom is 0.407 e. The topological polar surface area (TPSA) is 60.0 Å². The summed E-state index contributed by atoms with van der Waals surface area (Å²) in [6.07, 6.45) is 5.32. The monoisotopic (exact) mass is 388 g/mol. The molecule has 28 heavy (non-hydrogen) atoms. The first kappa shape index (κ1) is 19.4. The molecule has 1 spiro atoms. The van der Waals surface area contributed by atoms with E-state index in [1.807, 2.05) is 6.07 Å². The summed E-state index contributed by atoms with van der Waals surface area (Å²) in [4.78, 5) is 14.5. The average molecular weight is 389 g/mol. The number of methoxy groups -OCH3 is 1. The van der Waals surface area contributed by atoms with Crippen LogP contribution < -0.4 is 14.8 Å². The third kappa shape index (κ3) is 3.32. The Kier molecular flexibility index (Phi) is 5.41. The predicted octanol–water partition coefficient (Wildman–Crippen LogP) is 3.61. The molecule has 0 bridgehead atoms. The molecule has 1 aromatic rings. The van der Waals surface area contributed by atoms with E-state index in [1.165, 1.54) is 11.1 Å². The van der Waals surface area contributed by atoms with Crippen LogP contribution in [0.2, 0.25) is 0 Å². The number of amides is 1. The van der Waals surface area contributed by atoms with Crippen LogP contribution in [0, 0.1) is 0 Å². The van der Waals surface area contributed by atoms with Gasteiger partial charge in [-0.1, -0.05) is 19.4 Å². The third-order valence-corrected chi connectivity index (χ3v) is 6.64. The van der Waals surface area contributed by atoms with E-state index in [-0.39, 0.29) is 23.7 Å². The quantitative estimate of drug-likeness (QED) is 0.781. The molecule has 1 saturated carbocycles. The molecule has 1 aliphatic carbocycles. The molecule has 1 aromatic carbocycles. The number of ether oxygens (including phenoxy) is 3. The second-order valence-corrected chi connectivity index (χ2v) is 8.46. The maximum atomic E-state index is 12.1. The van der Waals surface area contributed by atoms with Crippen molar-refractivity contribution < 1.29 is 19.0 Å². The maximum absolute atomic E-state index is 12.1. The zero-order chi connectivity index (χ0) is 19.7. The molecule has 6 heteroatoms. The molecule has 3 atom stereocenters. The molecule has 0 unspecified atom stereocenters. The second kappa shape index (κ2) is 7.82. The predicted molar refractivity (Wildman–Crippen MR) is 107 cm³/mol. The Bertz CT molecular complexity index is 737. The Morgan fingerprint density at radius 1 is 1.39 bits per heavy atom. The molecule has 1 N–H and O–H groups in total. The van der Waals surface area contributed by atoms with Crippen molar-refractivity contribution in [3.05, 3.63) is 23.3 Å². The first-order valence-corrected chi connectivity index (χ1v) is 10.6. The Morgan fingerprint density at radius 2 is 2.25 bits per heavy atom. The summed E-state index contributed by atoms with van der Waals surface area (Å²) in [6, 6.07) is 4.21. The number of nitrogens with one attached hydrogen (secondary N) is 1. The molecule has 0 saturated heterocycles. The van der Waals surface area contributed by atoms with Gasteiger partial charge in [-0.15, -0.1) is 0 Å². The minimum absolute atomic E-state index is 0.00249. The lowest BCUT2D eigenvalue weighted by atomic mass is 9.65. The number of carbonyl (C=O) groups excluding carboxylic acids is 1. The van der Waals surface area contributed by atoms with Crippen LogP contribution in [0.4, 0.5) is 4.79 Å². The van der Waals surface area contributed by atoms with E-state index in [2.05, 4.69) is 30.3 Å². The number of rotatable bonds is 5. The van der Waals surface area contributed by atoms with Crippen LogP contribution >= 0.6 is 0 Å². The summed E-state index contributed by atoms with van der Waals surface area (Å²) in [5, 5.41) is 2.86. The molecule has 1 fully saturated rings. The summed E-state index contributed by atoms with van der Waals surface area (Å²) in [7, 11) is 3.88. The lowest BCUT2D eigenvalue weighted by Gasteiger charge is -2.41. The number of hydrogen-bond donors (Lipinski definition) is 1. The van der Waals surface area contributed by atoms with Crippen molar-refractivity contribution in [2.24, 2.45) is 0 Å². The molecular formula is C22H32N2O4. The fraction of sp³-hybridized carbons (Fsp3) is 0.682. The van der Waals surface area contributed by atoms with E-state index < -0.39 is 0 Å². The number of nitrogens with zero attached hydrogens (tertiary/aromatic N) is 1. The minimum atomic E-state index is -0.302. The van der Waals surface area contributed by atoms with Gasteiger partial charge < -0.3 is 24.4 Å². The van der Waals surface area contributed by atoms with E-state index in [0.717, 1.165) is 63.1 Å². The third-order valence-electron chi connectivity index (χ3n) is 6.64. The number of hydrogen-bond acceptors (Lipinski definition) is 5. The molecule has 6 nitrogen and oxygen atoms in total. The lowest BCUT2D eigenvalue weighted by molar-refractivity contribution is 0.000307. The largest absolute Gasteiger partial charge is 0.493 e. The zero-order valence-corrected chi connectivity index (χ0v) is 17.3. The van der Waals surface area contributed by atoms with Gasteiger partial charge in [0.25, 0.3) is 0 Å². The molecule has 4 rings (SSSR count). The molecule has 2 heterocycles. The molecule has 1 amide bonds. The summed E-state index contributed by atoms with van der Waals surface area (Å²) in [5.74, 6) is 1.72. The summed E-state index contributed by atoms with van der Waals surface area (Å²) < 4.78 is 17.8. The highest BCUT2D eigenvalue weighted by Gasteiger charge is 2.55. The lowest BCUT2D eigenvalue weighted by Crippen LogP contribution is -2.47. The van der Waals surface area contributed by atoms with Gasteiger partial charge in [0.05, 0.1) is 7.11 Å². The van der Waals surface area contributed by atoms with Crippen molar-refractivity contribution >= 4 is 6.09 Å². The van der Waals surface area contributed by atoms with Crippen molar-refractivity contribution in [3.63, 3.8) is 0 Å². The fourth-order valence-electron chi connectivity index (χ4n) is 5.15. The number of unbranched alkanes of at least 4 members (excludes halogenated alkanes) is 1. The Morgan fingerprint density at radius 3 is 3.04 bits per heavy atom. The van der Waals surface area contributed by atoms with Crippen LogP contribution in [-0.4, -0.2) is 50.4 Å². The van der Waals surface area contributed by atoms with Gasteiger partial charge in [-0.3, -0.25) is 0 Å². The van der Waals surface area contributed by atoms with Crippen molar-refractivity contribution in [2.75, 3.05) is 27.2 Å². The van der Waals surface area contributed by atoms with Crippen molar-refractivity contribution in [2.45, 2.75) is 69.6 Å². The highest BCUT2D eigenvalue weighted by Crippen LogP contribution is 2.57. The second-order valence-electron chi connectivity index (χ2n) is 8.46. The standard InChI is InChI=1S/C22H32N2O4/c1-4-5-11-23-21(25)27-16-8-9-22-10-12-24(2)14-15-6-7-17(26-3)20(19(15)22)28-18(22)13-16/h6-7,16,18H,4-5,8-14H2,1-3H3,(H,23,25)/t16-,18-,22-/m0/s1. The Balaban J connectivity index is 1.55. The van der Waals surface area contributed by atoms with Gasteiger partial charge in [-0.25, -0.2) is 4.79 Å². The van der Waals surface area contributed by atoms with Gasteiger partial charge in [0, 0.05) is 30.5 Å². The van der Waals surface area contributed by atoms with Gasteiger partial charge in [0.15, 0.2) is 11.5 Å². The highest BCUT2D eigenvalue weighted by atomic mass is 16.6. The average Bonchev–Trinajstić information content (AvgIpc) is 2.94. The van der Waals surface area contributed by atoms with Gasteiger partial charge in [0.2, 0.25) is 0 Å². The van der Waals surface area contributed by atoms with Gasteiger partial charge in [0.1, 0.15) is 12.2 Å². The van der Waals surface area contributed by atoms with Crippen LogP contribution in [0.5, 0.6) is 11.5 Å². The zero-order valence-electron chi connectivity index (χ0n) is 17.3. The van der Waals surface area contributed by atoms with E-state index in [1.54, 1.807) is 7.11 Å². The van der Waals surface area contributed by atoms with Crippen LogP contribution in [0.15, 0.2) is 12.1 Å². The van der Waals surface area contributed by atoms with Crippen LogP contribution in [0.1, 0.15) is 56.6 Å². The molecule has 154 valence electrons. The number of alkyl carbamates (subject to hydrolysis) is 1. The van der Waals surface area contributed by atoms with E-state index in [4.69, 9.17) is 14.2 Å². The van der Waals surface area contributed by atoms with E-state index in [9.17, 15) is 4.79 Å². The van der Waals surface area contributed by atoms with E-state index >= 15 is 0 Å². The molecule has 3 aliphatic rings. The summed E-state index contributed by atoms with van der Waals surface area (Å²) >= 11 is 0. The first-order chi connectivity index (χ1) is 13.6. The van der Waals surface area contributed by atoms with Crippen LogP contribution in [0.3, 0.4) is 0 Å². The Hall–Kier alpha value is -1.95. The Labute approximate surface area is 167 Å². The number of benzene rings is 1. The van der Waals surface area contributed by atoms with Crippen LogP contribution in [0.25, 0.3) is 0 Å². The van der Waals surface area contributed by atoms with E-state index in [0.29, 0.717) is 6.54 Å². The van der Waals surface area contributed by atoms with Crippen molar-refractivity contribution in [3.8, 4) is 11.5 Å². The summed E-state index contributed by atoms with van der Waals surface area (Å²) in [5.41, 5.74) is 2.68. The van der Waals surface area contributed by atoms with Gasteiger partial charge in [-0.2, -0.15) is 0 Å². The van der Waals surface area contributed by atoms with Gasteiger partial charge in [-0.05, 0) is 50.9 Å². The van der Waals surface area contributed by atoms with Crippen LogP contribution in [-0.2, 0) is 16.7 Å². The number of carbonyl (C=O) groups is 1. The molecule has 2 aliphatic heterocycles. The van der Waals surface area contributed by atoms with Crippen molar-refractivity contribution in [1.82, 2.24) is 10.2 Å².